The first-order chi connectivity index (χ1) is 12.9. The Morgan fingerprint density at radius 2 is 1.52 bits per heavy atom. The van der Waals surface area contributed by atoms with Crippen molar-refractivity contribution in [2.24, 2.45) is 5.16 Å². The number of carbonyl (C=O) groups is 1. The lowest BCUT2D eigenvalue weighted by atomic mass is 10.1. The number of rotatable bonds is 6. The van der Waals surface area contributed by atoms with E-state index in [1.807, 2.05) is 13.0 Å². The highest BCUT2D eigenvalue weighted by atomic mass is 19.2. The van der Waals surface area contributed by atoms with E-state index in [9.17, 15) is 26.7 Å². The number of benzene rings is 2. The second-order valence-corrected chi connectivity index (χ2v) is 5.34. The highest BCUT2D eigenvalue weighted by molar-refractivity contribution is 6.01. The molecule has 0 aliphatic heterocycles. The van der Waals surface area contributed by atoms with Crippen molar-refractivity contribution in [2.75, 3.05) is 0 Å². The number of hydrogen-bond donors (Lipinski definition) is 0. The number of allylic oxidation sites excluding steroid dienone is 2. The summed E-state index contributed by atoms with van der Waals surface area (Å²) in [6, 6.07) is 8.48. The third kappa shape index (κ3) is 4.58. The number of halogens is 5. The van der Waals surface area contributed by atoms with Gasteiger partial charge >= 0.3 is 5.97 Å². The molecular formula is C19H14F5NO2. The molecule has 142 valence electrons. The van der Waals surface area contributed by atoms with Crippen LogP contribution in [-0.2, 0) is 4.84 Å². The van der Waals surface area contributed by atoms with Crippen LogP contribution >= 0.6 is 0 Å². The van der Waals surface area contributed by atoms with Gasteiger partial charge in [-0.05, 0) is 25.3 Å². The number of carbonyl (C=O) groups excluding carboxylic acids is 1. The molecule has 3 nitrogen and oxygen atoms in total. The minimum atomic E-state index is -2.36. The van der Waals surface area contributed by atoms with E-state index in [1.165, 1.54) is 0 Å². The number of oxime groups is 1. The normalized spacial score (nSPS) is 11.9. The second kappa shape index (κ2) is 9.07. The van der Waals surface area contributed by atoms with Crippen molar-refractivity contribution in [2.45, 2.75) is 19.8 Å². The Morgan fingerprint density at radius 3 is 2.07 bits per heavy atom. The van der Waals surface area contributed by atoms with E-state index in [-0.39, 0.29) is 5.71 Å². The zero-order valence-corrected chi connectivity index (χ0v) is 14.1. The molecule has 27 heavy (non-hydrogen) atoms. The van der Waals surface area contributed by atoms with Crippen LogP contribution in [0.2, 0.25) is 0 Å². The summed E-state index contributed by atoms with van der Waals surface area (Å²) >= 11 is 0. The maximum absolute atomic E-state index is 13.7. The van der Waals surface area contributed by atoms with Crippen LogP contribution in [0.1, 0.15) is 35.7 Å². The van der Waals surface area contributed by atoms with Crippen LogP contribution in [0, 0.1) is 29.1 Å². The fraction of sp³-hybridized carbons (Fsp3) is 0.158. The molecule has 2 rings (SSSR count). The average Bonchev–Trinajstić information content (AvgIpc) is 2.68. The van der Waals surface area contributed by atoms with Gasteiger partial charge in [0.1, 0.15) is 5.56 Å². The van der Waals surface area contributed by atoms with Crippen molar-refractivity contribution in [1.82, 2.24) is 0 Å². The molecule has 0 aliphatic carbocycles. The van der Waals surface area contributed by atoms with E-state index in [0.717, 1.165) is 0 Å². The van der Waals surface area contributed by atoms with Gasteiger partial charge in [-0.3, -0.25) is 0 Å². The van der Waals surface area contributed by atoms with Crippen molar-refractivity contribution in [3.8, 4) is 0 Å². The Balaban J connectivity index is 2.34. The number of nitrogens with zero attached hydrogens (tertiary/aromatic N) is 1. The summed E-state index contributed by atoms with van der Waals surface area (Å²) < 4.78 is 66.8. The van der Waals surface area contributed by atoms with Crippen LogP contribution in [0.25, 0.3) is 0 Å². The molecule has 2 aromatic carbocycles. The molecule has 0 N–H and O–H groups in total. The van der Waals surface area contributed by atoms with Gasteiger partial charge < -0.3 is 4.84 Å². The molecule has 0 saturated heterocycles. The molecular weight excluding hydrogens is 369 g/mol. The molecule has 0 atom stereocenters. The lowest BCUT2D eigenvalue weighted by molar-refractivity contribution is 0.0501. The minimum Gasteiger partial charge on any atom is -0.312 e. The van der Waals surface area contributed by atoms with Gasteiger partial charge in [-0.15, -0.1) is 0 Å². The monoisotopic (exact) mass is 383 g/mol. The van der Waals surface area contributed by atoms with Gasteiger partial charge in [0.2, 0.25) is 5.82 Å². The second-order valence-electron chi connectivity index (χ2n) is 5.34. The van der Waals surface area contributed by atoms with Gasteiger partial charge in [-0.1, -0.05) is 47.6 Å². The summed E-state index contributed by atoms with van der Waals surface area (Å²) in [5, 5.41) is 3.57. The zero-order chi connectivity index (χ0) is 20.0. The first kappa shape index (κ1) is 20.3. The van der Waals surface area contributed by atoms with E-state index in [4.69, 9.17) is 0 Å². The van der Waals surface area contributed by atoms with Crippen molar-refractivity contribution >= 4 is 11.7 Å². The van der Waals surface area contributed by atoms with Crippen molar-refractivity contribution in [3.63, 3.8) is 0 Å². The molecule has 0 aromatic heterocycles. The summed E-state index contributed by atoms with van der Waals surface area (Å²) in [5.41, 5.74) is -0.853. The Labute approximate surface area is 151 Å². The maximum atomic E-state index is 13.7. The van der Waals surface area contributed by atoms with E-state index >= 15 is 0 Å². The predicted octanol–water partition coefficient (Wildman–Crippen LogP) is 5.30. The first-order valence-corrected chi connectivity index (χ1v) is 7.84. The van der Waals surface area contributed by atoms with Crippen LogP contribution < -0.4 is 0 Å². The molecule has 2 aromatic rings. The van der Waals surface area contributed by atoms with Crippen molar-refractivity contribution in [1.29, 1.82) is 0 Å². The molecule has 0 bridgehead atoms. The van der Waals surface area contributed by atoms with Crippen LogP contribution in [0.3, 0.4) is 0 Å². The molecule has 0 radical (unpaired) electrons. The van der Waals surface area contributed by atoms with Gasteiger partial charge in [0.05, 0.1) is 5.71 Å². The fourth-order valence-electron chi connectivity index (χ4n) is 2.19. The van der Waals surface area contributed by atoms with Crippen LogP contribution in [0.15, 0.2) is 47.6 Å². The molecule has 0 saturated carbocycles. The largest absolute Gasteiger partial charge is 0.371 e. The number of hydrogen-bond acceptors (Lipinski definition) is 3. The summed E-state index contributed by atoms with van der Waals surface area (Å²) in [4.78, 5) is 16.4. The summed E-state index contributed by atoms with van der Waals surface area (Å²) in [7, 11) is 0. The summed E-state index contributed by atoms with van der Waals surface area (Å²) in [6.45, 7) is 1.81. The lowest BCUT2D eigenvalue weighted by Gasteiger charge is -2.07. The quantitative estimate of drug-likeness (QED) is 0.129. The van der Waals surface area contributed by atoms with Gasteiger partial charge in [-0.2, -0.15) is 0 Å². The molecule has 8 heteroatoms. The Kier molecular flexibility index (Phi) is 6.81. The third-order valence-corrected chi connectivity index (χ3v) is 3.54. The van der Waals surface area contributed by atoms with Crippen LogP contribution in [0.4, 0.5) is 22.0 Å². The van der Waals surface area contributed by atoms with Gasteiger partial charge in [0.25, 0.3) is 0 Å². The highest BCUT2D eigenvalue weighted by Gasteiger charge is 2.31. The Hall–Kier alpha value is -3.03. The van der Waals surface area contributed by atoms with E-state index in [0.29, 0.717) is 18.4 Å². The molecule has 0 unspecified atom stereocenters. The minimum absolute atomic E-state index is 0.269. The fourth-order valence-corrected chi connectivity index (χ4v) is 2.19. The zero-order valence-electron chi connectivity index (χ0n) is 14.1. The van der Waals surface area contributed by atoms with Crippen LogP contribution in [0.5, 0.6) is 0 Å². The van der Waals surface area contributed by atoms with Crippen LogP contribution in [-0.4, -0.2) is 11.7 Å². The Bertz CT molecular complexity index is 866. The van der Waals surface area contributed by atoms with E-state index in [2.05, 4.69) is 9.99 Å². The highest BCUT2D eigenvalue weighted by Crippen LogP contribution is 2.23. The maximum Gasteiger partial charge on any atom is 0.371 e. The van der Waals surface area contributed by atoms with Crippen molar-refractivity contribution in [3.05, 3.63) is 82.7 Å². The topological polar surface area (TPSA) is 38.7 Å². The molecule has 0 aliphatic rings. The standard InChI is InChI=1S/C19H14F5NO2/c1-2-3-5-10-12(11-8-6-4-7-9-11)25-27-19(26)13-14(20)16(22)18(24)17(23)15(13)21/h2-4,6-9H,5,10H2,1H3/b3-2+,25-12+. The lowest BCUT2D eigenvalue weighted by Crippen LogP contribution is -2.14. The van der Waals surface area contributed by atoms with E-state index in [1.54, 1.807) is 36.4 Å². The summed E-state index contributed by atoms with van der Waals surface area (Å²) in [6.07, 6.45) is 4.47. The van der Waals surface area contributed by atoms with Crippen molar-refractivity contribution < 1.29 is 31.6 Å². The smallest absolute Gasteiger partial charge is 0.312 e. The van der Waals surface area contributed by atoms with Gasteiger partial charge in [0.15, 0.2) is 23.3 Å². The predicted molar refractivity (Wildman–Crippen MR) is 88.7 cm³/mol. The summed E-state index contributed by atoms with van der Waals surface area (Å²) in [5.74, 6) is -13.2. The molecule has 0 heterocycles. The Morgan fingerprint density at radius 1 is 0.963 bits per heavy atom. The van der Waals surface area contributed by atoms with Gasteiger partial charge in [0, 0.05) is 0 Å². The van der Waals surface area contributed by atoms with E-state index < -0.39 is 40.6 Å². The molecule has 0 spiro atoms. The third-order valence-electron chi connectivity index (χ3n) is 3.54. The average molecular weight is 383 g/mol. The molecule has 0 fully saturated rings. The van der Waals surface area contributed by atoms with Gasteiger partial charge in [-0.25, -0.2) is 26.7 Å². The molecule has 0 amide bonds. The SMILES string of the molecule is C/C=C/CC/C(=N\OC(=O)c1c(F)c(F)c(F)c(F)c1F)c1ccccc1. The first-order valence-electron chi connectivity index (χ1n) is 7.84.